The van der Waals surface area contributed by atoms with Gasteiger partial charge in [0.1, 0.15) is 5.82 Å². The highest BCUT2D eigenvalue weighted by molar-refractivity contribution is 8.00. The van der Waals surface area contributed by atoms with Crippen LogP contribution in [0.25, 0.3) is 0 Å². The molecule has 0 radical (unpaired) electrons. The van der Waals surface area contributed by atoms with Crippen LogP contribution in [0.3, 0.4) is 0 Å². The topological polar surface area (TPSA) is 28.2 Å². The number of nitrogens with zero attached hydrogens (tertiary/aromatic N) is 2. The number of hydrogen-bond donors (Lipinski definition) is 1. The maximum Gasteiger partial charge on any atom is 0.129 e. The van der Waals surface area contributed by atoms with Crippen molar-refractivity contribution in [3.63, 3.8) is 0 Å². The number of anilines is 1. The predicted octanol–water partition coefficient (Wildman–Crippen LogP) is 3.09. The van der Waals surface area contributed by atoms with Gasteiger partial charge in [0.15, 0.2) is 0 Å². The van der Waals surface area contributed by atoms with Crippen molar-refractivity contribution in [1.82, 2.24) is 10.3 Å². The number of rotatable bonds is 6. The maximum absolute atomic E-state index is 4.89. The van der Waals surface area contributed by atoms with E-state index in [-0.39, 0.29) is 0 Å². The summed E-state index contributed by atoms with van der Waals surface area (Å²) in [5, 5.41) is 4.01. The first-order chi connectivity index (χ1) is 9.76. The Labute approximate surface area is 127 Å². The van der Waals surface area contributed by atoms with Crippen LogP contribution in [0, 0.1) is 0 Å². The molecule has 0 amide bonds. The summed E-state index contributed by atoms with van der Waals surface area (Å²) in [4.78, 5) is 7.36. The first-order valence-electron chi connectivity index (χ1n) is 7.77. The molecule has 0 saturated carbocycles. The molecule has 1 aliphatic heterocycles. The molecule has 0 aromatic carbocycles. The quantitative estimate of drug-likeness (QED) is 0.872. The fourth-order valence-corrected chi connectivity index (χ4v) is 3.84. The van der Waals surface area contributed by atoms with Crippen molar-refractivity contribution in [2.24, 2.45) is 0 Å². The summed E-state index contributed by atoms with van der Waals surface area (Å²) < 4.78 is 0. The summed E-state index contributed by atoms with van der Waals surface area (Å²) in [6, 6.07) is 4.51. The fourth-order valence-electron chi connectivity index (χ4n) is 2.66. The molecule has 0 bridgehead atoms. The van der Waals surface area contributed by atoms with Gasteiger partial charge < -0.3 is 10.2 Å². The third kappa shape index (κ3) is 4.13. The van der Waals surface area contributed by atoms with Gasteiger partial charge in [-0.05, 0) is 37.6 Å². The van der Waals surface area contributed by atoms with Crippen molar-refractivity contribution in [3.05, 3.63) is 23.4 Å². The van der Waals surface area contributed by atoms with E-state index in [0.29, 0.717) is 0 Å². The Balaban J connectivity index is 2.19. The maximum atomic E-state index is 4.89. The molecule has 1 aromatic heterocycles. The second-order valence-corrected chi connectivity index (χ2v) is 6.86. The Morgan fingerprint density at radius 3 is 2.95 bits per heavy atom. The van der Waals surface area contributed by atoms with Crippen LogP contribution in [0.1, 0.15) is 37.9 Å². The van der Waals surface area contributed by atoms with Crippen molar-refractivity contribution in [2.75, 3.05) is 30.8 Å². The number of nitrogens with one attached hydrogen (secondary N) is 1. The average molecular weight is 293 g/mol. The Morgan fingerprint density at radius 2 is 2.25 bits per heavy atom. The average Bonchev–Trinajstić information content (AvgIpc) is 2.48. The first kappa shape index (κ1) is 15.6. The van der Waals surface area contributed by atoms with Gasteiger partial charge in [-0.25, -0.2) is 4.98 Å². The van der Waals surface area contributed by atoms with Crippen LogP contribution >= 0.6 is 11.8 Å². The van der Waals surface area contributed by atoms with Crippen LogP contribution in [0.4, 0.5) is 5.82 Å². The molecule has 1 N–H and O–H groups in total. The molecule has 2 rings (SSSR count). The number of aromatic nitrogens is 1. The van der Waals surface area contributed by atoms with E-state index < -0.39 is 0 Å². The Bertz CT molecular complexity index is 398. The zero-order valence-corrected chi connectivity index (χ0v) is 13.8. The number of hydrogen-bond acceptors (Lipinski definition) is 4. The van der Waals surface area contributed by atoms with Gasteiger partial charge in [0, 0.05) is 36.3 Å². The number of aryl methyl sites for hydroxylation is 1. The standard InChI is InChI=1S/C16H27N3S/c1-4-6-14-9-13(11-17-3)10-16(18-14)19-7-8-20-15(5-2)12-19/h9-10,15,17H,4-8,11-12H2,1-3H3. The lowest BCUT2D eigenvalue weighted by Crippen LogP contribution is -2.38. The van der Waals surface area contributed by atoms with Crippen molar-refractivity contribution in [2.45, 2.75) is 44.9 Å². The van der Waals surface area contributed by atoms with Crippen LogP contribution in [0.2, 0.25) is 0 Å². The highest BCUT2D eigenvalue weighted by Gasteiger charge is 2.20. The van der Waals surface area contributed by atoms with Crippen molar-refractivity contribution in [1.29, 1.82) is 0 Å². The Hall–Kier alpha value is -0.740. The van der Waals surface area contributed by atoms with Crippen LogP contribution in [-0.4, -0.2) is 36.1 Å². The van der Waals surface area contributed by atoms with E-state index >= 15 is 0 Å². The summed E-state index contributed by atoms with van der Waals surface area (Å²) in [7, 11) is 2.00. The van der Waals surface area contributed by atoms with Gasteiger partial charge >= 0.3 is 0 Å². The van der Waals surface area contributed by atoms with E-state index in [9.17, 15) is 0 Å². The van der Waals surface area contributed by atoms with Gasteiger partial charge in [0.2, 0.25) is 0 Å². The van der Waals surface area contributed by atoms with Gasteiger partial charge in [-0.15, -0.1) is 0 Å². The molecule has 112 valence electrons. The van der Waals surface area contributed by atoms with Crippen molar-refractivity contribution >= 4 is 17.6 Å². The SMILES string of the molecule is CCCc1cc(CNC)cc(N2CCSC(CC)C2)n1. The lowest BCUT2D eigenvalue weighted by Gasteiger charge is -2.33. The molecule has 1 unspecified atom stereocenters. The lowest BCUT2D eigenvalue weighted by atomic mass is 10.1. The summed E-state index contributed by atoms with van der Waals surface area (Å²) in [5.74, 6) is 2.40. The molecule has 1 fully saturated rings. The Morgan fingerprint density at radius 1 is 1.40 bits per heavy atom. The van der Waals surface area contributed by atoms with Gasteiger partial charge in [0.25, 0.3) is 0 Å². The van der Waals surface area contributed by atoms with E-state index in [1.807, 2.05) is 7.05 Å². The molecule has 0 spiro atoms. The molecule has 3 nitrogen and oxygen atoms in total. The smallest absolute Gasteiger partial charge is 0.129 e. The zero-order valence-electron chi connectivity index (χ0n) is 13.0. The van der Waals surface area contributed by atoms with E-state index in [2.05, 4.69) is 48.0 Å². The Kier molecular flexibility index (Phi) is 6.17. The largest absolute Gasteiger partial charge is 0.355 e. The second-order valence-electron chi connectivity index (χ2n) is 5.45. The first-order valence-corrected chi connectivity index (χ1v) is 8.82. The van der Waals surface area contributed by atoms with Crippen molar-refractivity contribution < 1.29 is 0 Å². The molecule has 4 heteroatoms. The van der Waals surface area contributed by atoms with Crippen LogP contribution in [-0.2, 0) is 13.0 Å². The normalized spacial score (nSPS) is 19.4. The van der Waals surface area contributed by atoms with E-state index in [0.717, 1.165) is 37.7 Å². The van der Waals surface area contributed by atoms with Crippen LogP contribution in [0.5, 0.6) is 0 Å². The van der Waals surface area contributed by atoms with E-state index in [1.165, 1.54) is 29.2 Å². The van der Waals surface area contributed by atoms with Crippen LogP contribution in [0.15, 0.2) is 12.1 Å². The van der Waals surface area contributed by atoms with Gasteiger partial charge in [-0.1, -0.05) is 20.3 Å². The van der Waals surface area contributed by atoms with Crippen LogP contribution < -0.4 is 10.2 Å². The molecular formula is C16H27N3S. The molecule has 0 aliphatic carbocycles. The molecule has 1 saturated heterocycles. The molecule has 1 aromatic rings. The van der Waals surface area contributed by atoms with Gasteiger partial charge in [0.05, 0.1) is 0 Å². The van der Waals surface area contributed by atoms with E-state index in [4.69, 9.17) is 4.98 Å². The molecule has 2 heterocycles. The summed E-state index contributed by atoms with van der Waals surface area (Å²) >= 11 is 2.11. The number of pyridine rings is 1. The molecule has 1 aliphatic rings. The fraction of sp³-hybridized carbons (Fsp3) is 0.688. The molecule has 20 heavy (non-hydrogen) atoms. The lowest BCUT2D eigenvalue weighted by molar-refractivity contribution is 0.713. The van der Waals surface area contributed by atoms with Gasteiger partial charge in [-0.3, -0.25) is 0 Å². The second kappa shape index (κ2) is 7.89. The monoisotopic (exact) mass is 293 g/mol. The summed E-state index contributed by atoms with van der Waals surface area (Å²) in [6.45, 7) is 7.70. The molecule has 1 atom stereocenters. The highest BCUT2D eigenvalue weighted by atomic mass is 32.2. The molecular weight excluding hydrogens is 266 g/mol. The van der Waals surface area contributed by atoms with Crippen molar-refractivity contribution in [3.8, 4) is 0 Å². The third-order valence-corrected chi connectivity index (χ3v) is 5.10. The predicted molar refractivity (Wildman–Crippen MR) is 89.7 cm³/mol. The minimum absolute atomic E-state index is 0.758. The zero-order chi connectivity index (χ0) is 14.4. The third-order valence-electron chi connectivity index (χ3n) is 3.73. The highest BCUT2D eigenvalue weighted by Crippen LogP contribution is 2.25. The summed E-state index contributed by atoms with van der Waals surface area (Å²) in [5.41, 5.74) is 2.59. The van der Waals surface area contributed by atoms with Gasteiger partial charge in [-0.2, -0.15) is 11.8 Å². The summed E-state index contributed by atoms with van der Waals surface area (Å²) in [6.07, 6.45) is 3.48. The van der Waals surface area contributed by atoms with E-state index in [1.54, 1.807) is 0 Å². The number of thioether (sulfide) groups is 1. The minimum Gasteiger partial charge on any atom is -0.355 e. The minimum atomic E-state index is 0.758.